The van der Waals surface area contributed by atoms with E-state index in [9.17, 15) is 0 Å². The van der Waals surface area contributed by atoms with Crippen LogP contribution in [0.3, 0.4) is 0 Å². The second-order valence-corrected chi connectivity index (χ2v) is 1.71. The fourth-order valence-electron chi connectivity index (χ4n) is 0. The maximum absolute atomic E-state index is 8.80. The summed E-state index contributed by atoms with van der Waals surface area (Å²) in [7, 11) is 0. The van der Waals surface area contributed by atoms with Gasteiger partial charge in [-0.2, -0.15) is 0 Å². The van der Waals surface area contributed by atoms with Crippen LogP contribution in [0.1, 0.15) is 0 Å². The van der Waals surface area contributed by atoms with Crippen LogP contribution < -0.4 is 0 Å². The molecule has 4 N–H and O–H groups in total. The van der Waals surface area contributed by atoms with Crippen LogP contribution in [-0.4, -0.2) is 65.2 Å². The molecule has 0 unspecified atom stereocenters. The third-order valence-electron chi connectivity index (χ3n) is 0. The predicted octanol–water partition coefficient (Wildman–Crippen LogP) is -2.83. The van der Waals surface area contributed by atoms with E-state index in [-0.39, 0.29) is 56.9 Å². The fourth-order valence-corrected chi connectivity index (χ4v) is 0. The second-order valence-electron chi connectivity index (χ2n) is 0.415. The van der Waals surface area contributed by atoms with Crippen LogP contribution >= 0.6 is 0 Å². The van der Waals surface area contributed by atoms with E-state index >= 15 is 0 Å². The Morgan fingerprint density at radius 1 is 1.14 bits per heavy atom. The molecule has 0 atom stereocenters. The molecule has 0 radical (unpaired) electrons. The SMILES string of the molecule is O.[KH].[O]=[Mn](=[O])([OH])[OH]. The molecule has 0 aliphatic carbocycles. The summed E-state index contributed by atoms with van der Waals surface area (Å²) in [6.45, 7) is 0. The number of rotatable bonds is 0. The summed E-state index contributed by atoms with van der Waals surface area (Å²) < 4.78 is 31.8. The van der Waals surface area contributed by atoms with Crippen molar-refractivity contribution in [1.29, 1.82) is 0 Å². The third kappa shape index (κ3) is 90.6. The van der Waals surface area contributed by atoms with Crippen LogP contribution in [0.5, 0.6) is 0 Å². The van der Waals surface area contributed by atoms with Gasteiger partial charge in [-0.25, -0.2) is 0 Å². The molecule has 0 fully saturated rings. The van der Waals surface area contributed by atoms with Crippen molar-refractivity contribution in [3.8, 4) is 0 Å². The van der Waals surface area contributed by atoms with Crippen molar-refractivity contribution in [2.45, 2.75) is 0 Å². The van der Waals surface area contributed by atoms with E-state index in [1.807, 2.05) is 0 Å². The van der Waals surface area contributed by atoms with Gasteiger partial charge in [0.15, 0.2) is 0 Å². The van der Waals surface area contributed by atoms with E-state index in [2.05, 4.69) is 0 Å². The zero-order valence-electron chi connectivity index (χ0n) is 2.59. The minimum absolute atomic E-state index is 0. The zero-order chi connectivity index (χ0) is 4.50. The summed E-state index contributed by atoms with van der Waals surface area (Å²) in [4.78, 5) is 0. The second kappa shape index (κ2) is 5.77. The van der Waals surface area contributed by atoms with Gasteiger partial charge in [0.1, 0.15) is 0 Å². The Labute approximate surface area is 84.7 Å². The van der Waals surface area contributed by atoms with E-state index < -0.39 is 13.4 Å². The summed E-state index contributed by atoms with van der Waals surface area (Å²) in [6, 6.07) is 0. The van der Waals surface area contributed by atoms with Crippen molar-refractivity contribution in [1.82, 2.24) is 0 Å². The van der Waals surface area contributed by atoms with Crippen LogP contribution in [0.2, 0.25) is 0 Å². The van der Waals surface area contributed by atoms with E-state index in [0.29, 0.717) is 0 Å². The Morgan fingerprint density at radius 3 is 1.14 bits per heavy atom. The quantitative estimate of drug-likeness (QED) is 0.391. The van der Waals surface area contributed by atoms with Gasteiger partial charge in [-0.05, 0) is 0 Å². The zero-order valence-corrected chi connectivity index (χ0v) is 3.77. The Hall–Kier alpha value is 1.64. The van der Waals surface area contributed by atoms with E-state index in [1.165, 1.54) is 0 Å². The Morgan fingerprint density at radius 2 is 1.14 bits per heavy atom. The van der Waals surface area contributed by atoms with E-state index in [0.717, 1.165) is 0 Å². The Balaban J connectivity index is -0.0000000800. The normalized spacial score (nSPS) is 8.29. The maximum atomic E-state index is 8.80. The molecule has 0 aliphatic heterocycles. The summed E-state index contributed by atoms with van der Waals surface area (Å²) in [6.07, 6.45) is 0. The van der Waals surface area contributed by atoms with Gasteiger partial charge in [-0.1, -0.05) is 0 Å². The molecular formula is H5KMnO5. The molecule has 0 aliphatic rings. The third-order valence-corrected chi connectivity index (χ3v) is 0. The molecule has 0 amide bonds. The average molecular weight is 179 g/mol. The molecule has 0 saturated carbocycles. The van der Waals surface area contributed by atoms with Gasteiger partial charge < -0.3 is 5.48 Å². The van der Waals surface area contributed by atoms with Crippen LogP contribution in [-0.2, 0) is 21.0 Å². The average Bonchev–Trinajstić information content (AvgIpc) is 0.722. The van der Waals surface area contributed by atoms with Crippen molar-refractivity contribution in [3.63, 3.8) is 0 Å². The molecule has 43 valence electrons. The van der Waals surface area contributed by atoms with Crippen LogP contribution in [0.25, 0.3) is 0 Å². The van der Waals surface area contributed by atoms with Gasteiger partial charge in [0.25, 0.3) is 0 Å². The summed E-state index contributed by atoms with van der Waals surface area (Å²) in [5, 5.41) is 0. The fraction of sp³-hybridized carbons (Fsp3) is 0. The first-order valence-corrected chi connectivity index (χ1v) is 2.67. The molecule has 0 bridgehead atoms. The molecule has 7 heavy (non-hydrogen) atoms. The van der Waals surface area contributed by atoms with Gasteiger partial charge in [0.2, 0.25) is 0 Å². The molecular weight excluding hydrogens is 174 g/mol. The van der Waals surface area contributed by atoms with Crippen LogP contribution in [0.15, 0.2) is 0 Å². The van der Waals surface area contributed by atoms with Crippen molar-refractivity contribution >= 4 is 51.4 Å². The van der Waals surface area contributed by atoms with Crippen molar-refractivity contribution < 1.29 is 34.9 Å². The molecule has 0 saturated heterocycles. The van der Waals surface area contributed by atoms with Gasteiger partial charge in [0, 0.05) is 0 Å². The van der Waals surface area contributed by atoms with Gasteiger partial charge in [-0.15, -0.1) is 0 Å². The van der Waals surface area contributed by atoms with E-state index in [1.54, 1.807) is 0 Å². The Bertz CT molecular complexity index is 91.2. The molecule has 0 aromatic rings. The topological polar surface area (TPSA) is 106 Å². The van der Waals surface area contributed by atoms with Crippen molar-refractivity contribution in [2.75, 3.05) is 0 Å². The summed E-state index contributed by atoms with van der Waals surface area (Å²) >= 11 is -5.12. The van der Waals surface area contributed by atoms with Crippen molar-refractivity contribution in [2.24, 2.45) is 0 Å². The Kier molecular flexibility index (Phi) is 13.1. The first-order valence-electron chi connectivity index (χ1n) is 0.647. The molecule has 0 aromatic carbocycles. The molecule has 0 rings (SSSR count). The first kappa shape index (κ1) is 15.9. The number of hydrogen-bond acceptors (Lipinski definition) is 2. The van der Waals surface area contributed by atoms with Crippen LogP contribution in [0, 0.1) is 0 Å². The van der Waals surface area contributed by atoms with E-state index in [4.69, 9.17) is 16.0 Å². The monoisotopic (exact) mass is 179 g/mol. The minimum atomic E-state index is -5.12. The van der Waals surface area contributed by atoms with Gasteiger partial charge >= 0.3 is 80.8 Å². The number of hydrogen-bond donors (Lipinski definition) is 2. The predicted molar refractivity (Wildman–Crippen MR) is 16.6 cm³/mol. The van der Waals surface area contributed by atoms with Crippen LogP contribution in [0.4, 0.5) is 0 Å². The van der Waals surface area contributed by atoms with Gasteiger partial charge in [-0.3, -0.25) is 0 Å². The molecule has 0 heterocycles. The molecule has 5 nitrogen and oxygen atoms in total. The standard InChI is InChI=1S/K.Mn.3H2O.2O.H/h;;3*1H2;;;/q;+2;;;;;;/p-2. The first-order chi connectivity index (χ1) is 2.00. The van der Waals surface area contributed by atoms with Crippen molar-refractivity contribution in [3.05, 3.63) is 0 Å². The molecule has 0 aromatic heterocycles. The summed E-state index contributed by atoms with van der Waals surface area (Å²) in [5.41, 5.74) is 0. The molecule has 0 spiro atoms. The van der Waals surface area contributed by atoms with Gasteiger partial charge in [0.05, 0.1) is 0 Å². The summed E-state index contributed by atoms with van der Waals surface area (Å²) in [5.74, 6) is 0. The molecule has 7 heteroatoms.